The maximum absolute atomic E-state index is 12.9. The summed E-state index contributed by atoms with van der Waals surface area (Å²) in [5, 5.41) is 11.5. The van der Waals surface area contributed by atoms with E-state index in [4.69, 9.17) is 9.47 Å². The Hall–Kier alpha value is -2.94. The summed E-state index contributed by atoms with van der Waals surface area (Å²) in [6, 6.07) is 5.09. The molecule has 1 amide bonds. The number of ether oxygens (including phenoxy) is 2. The third-order valence-corrected chi connectivity index (χ3v) is 5.99. The minimum Gasteiger partial charge on any atom is -0.497 e. The fourth-order valence-electron chi connectivity index (χ4n) is 3.45. The van der Waals surface area contributed by atoms with Gasteiger partial charge in [0.05, 0.1) is 25.3 Å². The van der Waals surface area contributed by atoms with Gasteiger partial charge in [0.2, 0.25) is 5.91 Å². The Morgan fingerprint density at radius 2 is 2.07 bits per heavy atom. The molecule has 1 aromatic carbocycles. The second kappa shape index (κ2) is 7.59. The van der Waals surface area contributed by atoms with Crippen LogP contribution in [0.25, 0.3) is 10.2 Å². The van der Waals surface area contributed by atoms with Gasteiger partial charge in [0.25, 0.3) is 5.56 Å². The fraction of sp³-hybridized carbons (Fsp3) is 0.368. The van der Waals surface area contributed by atoms with Gasteiger partial charge < -0.3 is 14.8 Å². The van der Waals surface area contributed by atoms with Gasteiger partial charge >= 0.3 is 0 Å². The number of thiophene rings is 1. The fourth-order valence-corrected chi connectivity index (χ4v) is 4.64. The van der Waals surface area contributed by atoms with Crippen LogP contribution in [0, 0.1) is 0 Å². The number of fused-ring (bicyclic) bond motifs is 3. The molecule has 2 heterocycles. The first kappa shape index (κ1) is 18.4. The van der Waals surface area contributed by atoms with Crippen LogP contribution >= 0.6 is 11.3 Å². The molecular weight excluding hydrogens is 380 g/mol. The van der Waals surface area contributed by atoms with Crippen molar-refractivity contribution >= 4 is 33.1 Å². The Labute approximate surface area is 165 Å². The smallest absolute Gasteiger partial charge is 0.279 e. The van der Waals surface area contributed by atoms with E-state index in [1.165, 1.54) is 23.3 Å². The number of nitrogens with zero attached hydrogens (tertiary/aromatic N) is 3. The van der Waals surface area contributed by atoms with Crippen LogP contribution in [0.2, 0.25) is 0 Å². The molecule has 8 nitrogen and oxygen atoms in total. The highest BCUT2D eigenvalue weighted by Gasteiger charge is 2.21. The number of anilines is 1. The second-order valence-electron chi connectivity index (χ2n) is 6.56. The highest BCUT2D eigenvalue weighted by atomic mass is 32.1. The number of hydrogen-bond acceptors (Lipinski definition) is 7. The van der Waals surface area contributed by atoms with Crippen LogP contribution in [-0.2, 0) is 24.2 Å². The van der Waals surface area contributed by atoms with E-state index < -0.39 is 5.91 Å². The number of rotatable bonds is 5. The molecule has 3 aromatic rings. The Morgan fingerprint density at radius 3 is 2.86 bits per heavy atom. The molecule has 0 bridgehead atoms. The highest BCUT2D eigenvalue weighted by Crippen LogP contribution is 2.33. The van der Waals surface area contributed by atoms with E-state index >= 15 is 0 Å². The standard InChI is InChI=1S/C19H20N4O4S/c1-26-11-7-8-14(27-2)13(9-11)20-16(24)10-23-19(25)17-12-5-3-4-6-15(12)28-18(17)21-22-23/h7-9H,3-6,10H2,1-2H3,(H,20,24). The van der Waals surface area contributed by atoms with Crippen molar-refractivity contribution in [3.63, 3.8) is 0 Å². The maximum Gasteiger partial charge on any atom is 0.279 e. The van der Waals surface area contributed by atoms with Crippen LogP contribution in [0.5, 0.6) is 11.5 Å². The summed E-state index contributed by atoms with van der Waals surface area (Å²) < 4.78 is 11.6. The van der Waals surface area contributed by atoms with E-state index in [1.807, 2.05) is 0 Å². The maximum atomic E-state index is 12.9. The van der Waals surface area contributed by atoms with Crippen molar-refractivity contribution in [3.8, 4) is 11.5 Å². The average Bonchev–Trinajstić information content (AvgIpc) is 3.09. The lowest BCUT2D eigenvalue weighted by Gasteiger charge is -2.12. The monoisotopic (exact) mass is 400 g/mol. The van der Waals surface area contributed by atoms with Gasteiger partial charge in [-0.3, -0.25) is 9.59 Å². The minimum absolute atomic E-state index is 0.229. The molecule has 2 aromatic heterocycles. The lowest BCUT2D eigenvalue weighted by atomic mass is 9.97. The summed E-state index contributed by atoms with van der Waals surface area (Å²) in [6.45, 7) is -0.229. The van der Waals surface area contributed by atoms with Crippen molar-refractivity contribution in [1.82, 2.24) is 15.0 Å². The second-order valence-corrected chi connectivity index (χ2v) is 7.64. The van der Waals surface area contributed by atoms with E-state index in [2.05, 4.69) is 15.6 Å². The summed E-state index contributed by atoms with van der Waals surface area (Å²) in [4.78, 5) is 27.3. The van der Waals surface area contributed by atoms with Crippen LogP contribution in [0.1, 0.15) is 23.3 Å². The van der Waals surface area contributed by atoms with Gasteiger partial charge in [0.1, 0.15) is 18.0 Å². The van der Waals surface area contributed by atoms with Gasteiger partial charge in [0, 0.05) is 10.9 Å². The Bertz CT molecular complexity index is 1110. The lowest BCUT2D eigenvalue weighted by Crippen LogP contribution is -2.30. The van der Waals surface area contributed by atoms with Gasteiger partial charge in [-0.25, -0.2) is 4.68 Å². The van der Waals surface area contributed by atoms with Crippen molar-refractivity contribution in [2.45, 2.75) is 32.2 Å². The molecule has 0 saturated carbocycles. The number of aryl methyl sites for hydroxylation is 2. The Morgan fingerprint density at radius 1 is 1.25 bits per heavy atom. The Kier molecular flexibility index (Phi) is 4.99. The minimum atomic E-state index is -0.397. The molecule has 4 rings (SSSR count). The molecular formula is C19H20N4O4S. The molecule has 0 aliphatic heterocycles. The van der Waals surface area contributed by atoms with Crippen molar-refractivity contribution in [2.75, 3.05) is 19.5 Å². The van der Waals surface area contributed by atoms with Crippen LogP contribution in [0.3, 0.4) is 0 Å². The number of nitrogens with one attached hydrogen (secondary N) is 1. The summed E-state index contributed by atoms with van der Waals surface area (Å²) in [5.74, 6) is 0.681. The van der Waals surface area contributed by atoms with E-state index in [1.54, 1.807) is 25.3 Å². The number of amides is 1. The largest absolute Gasteiger partial charge is 0.497 e. The predicted molar refractivity (Wildman–Crippen MR) is 106 cm³/mol. The SMILES string of the molecule is COc1ccc(OC)c(NC(=O)Cn2nnc3sc4c(c3c2=O)CCCC4)c1. The van der Waals surface area contributed by atoms with Gasteiger partial charge in [0.15, 0.2) is 4.83 Å². The molecule has 0 saturated heterocycles. The summed E-state index contributed by atoms with van der Waals surface area (Å²) in [5.41, 5.74) is 1.27. The number of carbonyl (C=O) groups excluding carboxylic acids is 1. The first-order valence-electron chi connectivity index (χ1n) is 9.00. The van der Waals surface area contributed by atoms with Crippen LogP contribution in [0.15, 0.2) is 23.0 Å². The number of benzene rings is 1. The first-order valence-corrected chi connectivity index (χ1v) is 9.82. The predicted octanol–water partition coefficient (Wildman–Crippen LogP) is 2.39. The molecule has 0 spiro atoms. The third-order valence-electron chi connectivity index (χ3n) is 4.82. The van der Waals surface area contributed by atoms with Gasteiger partial charge in [-0.1, -0.05) is 5.21 Å². The molecule has 0 atom stereocenters. The summed E-state index contributed by atoms with van der Waals surface area (Å²) in [6.07, 6.45) is 4.05. The molecule has 0 fully saturated rings. The number of hydrogen-bond donors (Lipinski definition) is 1. The van der Waals surface area contributed by atoms with Crippen molar-refractivity contribution < 1.29 is 14.3 Å². The quantitative estimate of drug-likeness (QED) is 0.707. The average molecular weight is 400 g/mol. The molecule has 0 radical (unpaired) electrons. The molecule has 1 aliphatic carbocycles. The zero-order chi connectivity index (χ0) is 19.7. The molecule has 9 heteroatoms. The van der Waals surface area contributed by atoms with Gasteiger partial charge in [-0.05, 0) is 43.4 Å². The van der Waals surface area contributed by atoms with Crippen molar-refractivity contribution in [2.24, 2.45) is 0 Å². The number of aromatic nitrogens is 3. The van der Waals surface area contributed by atoms with E-state index in [9.17, 15) is 9.59 Å². The van der Waals surface area contributed by atoms with E-state index in [0.29, 0.717) is 27.4 Å². The summed E-state index contributed by atoms with van der Waals surface area (Å²) in [7, 11) is 3.06. The molecule has 28 heavy (non-hydrogen) atoms. The zero-order valence-corrected chi connectivity index (χ0v) is 16.5. The van der Waals surface area contributed by atoms with Crippen LogP contribution in [-0.4, -0.2) is 35.1 Å². The molecule has 1 N–H and O–H groups in total. The number of carbonyl (C=O) groups is 1. The molecule has 0 unspecified atom stereocenters. The summed E-state index contributed by atoms with van der Waals surface area (Å²) >= 11 is 1.54. The Balaban J connectivity index is 1.61. The molecule has 146 valence electrons. The number of methoxy groups -OCH3 is 2. The van der Waals surface area contributed by atoms with Crippen LogP contribution in [0.4, 0.5) is 5.69 Å². The highest BCUT2D eigenvalue weighted by molar-refractivity contribution is 7.18. The zero-order valence-electron chi connectivity index (χ0n) is 15.7. The van der Waals surface area contributed by atoms with Crippen molar-refractivity contribution in [3.05, 3.63) is 39.0 Å². The van der Waals surface area contributed by atoms with Crippen molar-refractivity contribution in [1.29, 1.82) is 0 Å². The lowest BCUT2D eigenvalue weighted by molar-refractivity contribution is -0.117. The van der Waals surface area contributed by atoms with E-state index in [0.717, 1.165) is 35.9 Å². The third kappa shape index (κ3) is 3.33. The van der Waals surface area contributed by atoms with Crippen LogP contribution < -0.4 is 20.3 Å². The van der Waals surface area contributed by atoms with Gasteiger partial charge in [-0.15, -0.1) is 16.4 Å². The topological polar surface area (TPSA) is 95.3 Å². The first-order chi connectivity index (χ1) is 13.6. The molecule has 1 aliphatic rings. The van der Waals surface area contributed by atoms with Gasteiger partial charge in [-0.2, -0.15) is 0 Å². The normalized spacial score (nSPS) is 13.2. The van der Waals surface area contributed by atoms with E-state index in [-0.39, 0.29) is 12.1 Å².